The van der Waals surface area contributed by atoms with Crippen LogP contribution in [0.15, 0.2) is 180 Å². The number of carbonyl (C=O) groups excluding carboxylic acids is 5. The van der Waals surface area contributed by atoms with E-state index in [2.05, 4.69) is 30.0 Å². The average Bonchev–Trinajstić information content (AvgIpc) is 0.753. The number of benzene rings is 2. The molecule has 8 rings (SSSR count). The second-order valence-corrected chi connectivity index (χ2v) is 26.9. The summed E-state index contributed by atoms with van der Waals surface area (Å²) in [5.74, 6) is -3.98. The second-order valence-electron chi connectivity index (χ2n) is 18.8. The number of allylic oxidation sites excluding steroid dienone is 14. The molecule has 0 spiro atoms. The Morgan fingerprint density at radius 2 is 0.772 bits per heavy atom. The fourth-order valence-corrected chi connectivity index (χ4v) is 13.1. The van der Waals surface area contributed by atoms with Gasteiger partial charge in [-0.1, -0.05) is 54.7 Å². The summed E-state index contributed by atoms with van der Waals surface area (Å²) in [7, 11) is -33.6. The first-order chi connectivity index (χ1) is 39.8. The topological polar surface area (TPSA) is 503 Å². The zero-order valence-corrected chi connectivity index (χ0v) is 66.4. The summed E-state index contributed by atoms with van der Waals surface area (Å²) in [6, 6.07) is -0.0480. The molecule has 41 heteroatoms. The van der Waals surface area contributed by atoms with Gasteiger partial charge in [0.25, 0.3) is 23.6 Å². The number of fused-ring (bicyclic) bond motifs is 2. The average molecular weight is 1430 g/mol. The van der Waals surface area contributed by atoms with E-state index in [-0.39, 0.29) is 260 Å². The van der Waals surface area contributed by atoms with Gasteiger partial charge >= 0.3 is 183 Å². The van der Waals surface area contributed by atoms with Gasteiger partial charge in [0.15, 0.2) is 0 Å². The summed E-state index contributed by atoms with van der Waals surface area (Å²) in [5, 5.41) is 0. The number of amides is 6. The molecule has 0 heterocycles. The van der Waals surface area contributed by atoms with Crippen molar-refractivity contribution in [1.82, 2.24) is 0 Å². The van der Waals surface area contributed by atoms with Crippen LogP contribution in [-0.2, 0) is 79.9 Å². The van der Waals surface area contributed by atoms with Crippen molar-refractivity contribution >= 4 is 134 Å². The molecule has 0 aliphatic heterocycles. The molecule has 0 N–H and O–H groups in total. The number of aliphatic imine (C=N–C) groups is 6. The smallest absolute Gasteiger partial charge is 0.744 e. The van der Waals surface area contributed by atoms with Crippen LogP contribution < -0.4 is 177 Å². The maximum absolute atomic E-state index is 13.6. The molecule has 0 aromatic heterocycles. The van der Waals surface area contributed by atoms with Crippen molar-refractivity contribution < 1.29 is 279 Å². The normalized spacial score (nSPS) is 19.2. The first kappa shape index (κ1) is 85.8. The number of rotatable bonds is 10. The quantitative estimate of drug-likeness (QED) is 0.157. The van der Waals surface area contributed by atoms with Crippen molar-refractivity contribution in [3.63, 3.8) is 0 Å². The van der Waals surface area contributed by atoms with Crippen LogP contribution >= 0.6 is 0 Å². The van der Waals surface area contributed by atoms with Crippen molar-refractivity contribution in [3.05, 3.63) is 153 Å². The molecule has 0 saturated carbocycles. The summed E-state index contributed by atoms with van der Waals surface area (Å²) < 4.78 is 218. The fraction of sp³-hybridized carbons (Fsp3) is 0.157. The summed E-state index contributed by atoms with van der Waals surface area (Å²) in [6.07, 6.45) is 12.3. The van der Waals surface area contributed by atoms with Crippen molar-refractivity contribution in [3.8, 4) is 0 Å². The van der Waals surface area contributed by atoms with Gasteiger partial charge in [0.05, 0.1) is 63.7 Å². The van der Waals surface area contributed by atoms with Crippen LogP contribution in [-0.4, -0.2) is 142 Å². The molecule has 0 unspecified atom stereocenters. The van der Waals surface area contributed by atoms with Gasteiger partial charge in [-0.3, -0.25) is 19.2 Å². The molecule has 0 saturated heterocycles. The van der Waals surface area contributed by atoms with Gasteiger partial charge in [0.2, 0.25) is 0 Å². The Bertz CT molecular complexity index is 4860. The van der Waals surface area contributed by atoms with Crippen LogP contribution in [0.5, 0.6) is 0 Å². The van der Waals surface area contributed by atoms with Crippen molar-refractivity contribution in [1.29, 1.82) is 0 Å². The predicted octanol–water partition coefficient (Wildman–Crippen LogP) is -15.5. The van der Waals surface area contributed by atoms with Gasteiger partial charge in [-0.25, -0.2) is 75.3 Å². The summed E-state index contributed by atoms with van der Waals surface area (Å²) >= 11 is 0. The van der Waals surface area contributed by atoms with Crippen LogP contribution in [0.2, 0.25) is 0 Å². The predicted molar refractivity (Wildman–Crippen MR) is 294 cm³/mol. The number of nitrogens with zero attached hydrogens (tertiary/aromatic N) is 6. The van der Waals surface area contributed by atoms with Gasteiger partial charge in [0, 0.05) is 76.7 Å². The zero-order chi connectivity index (χ0) is 63.4. The molecule has 0 atom stereocenters. The van der Waals surface area contributed by atoms with Crippen molar-refractivity contribution in [2.75, 3.05) is 0 Å². The number of hydrogen-bond acceptors (Lipinski definition) is 23. The minimum atomic E-state index is -5.75. The van der Waals surface area contributed by atoms with Gasteiger partial charge < -0.3 is 27.3 Å². The summed E-state index contributed by atoms with van der Waals surface area (Å²) in [5.41, 5.74) is -4.57. The van der Waals surface area contributed by atoms with E-state index in [9.17, 15) is 102 Å². The fourth-order valence-electron chi connectivity index (χ4n) is 8.94. The third-order valence-electron chi connectivity index (χ3n) is 13.0. The molecule has 2 aromatic carbocycles. The Morgan fingerprint density at radius 1 is 0.391 bits per heavy atom. The number of carbonyl (C=O) groups is 5. The Morgan fingerprint density at radius 3 is 1.16 bits per heavy atom. The first-order valence-corrected chi connectivity index (χ1v) is 32.4. The van der Waals surface area contributed by atoms with Crippen molar-refractivity contribution in [2.45, 2.75) is 72.0 Å². The van der Waals surface area contributed by atoms with Gasteiger partial charge in [-0.05, 0) is 73.9 Å². The van der Waals surface area contributed by atoms with E-state index >= 15 is 0 Å². The van der Waals surface area contributed by atoms with E-state index in [1.54, 1.807) is 0 Å². The second kappa shape index (κ2) is 33.5. The summed E-state index contributed by atoms with van der Waals surface area (Å²) in [4.78, 5) is 83.4. The zero-order valence-electron chi connectivity index (χ0n) is 49.5. The Kier molecular flexibility index (Phi) is 31.2. The van der Waals surface area contributed by atoms with E-state index in [1.807, 2.05) is 0 Å². The molecule has 6 amide bonds. The summed E-state index contributed by atoms with van der Waals surface area (Å²) in [6.45, 7) is 3.07. The molecule has 0 fully saturated rings. The van der Waals surface area contributed by atoms with Crippen LogP contribution in [0.25, 0.3) is 9.81 Å². The molecule has 448 valence electrons. The Balaban J connectivity index is 0.00000480. The third kappa shape index (κ3) is 20.9. The SMILES string of the molecule is CC1=CCC(C(=O)N=C2CC=C(S(=O)(=O)[O-])c3cc(S(=O)(=O)[O-])cc(S(=O)(=O)[O-])c32)=CC1=NC(=O)C1=CC=C/C(=N\C(=O)/N=C2\C=CC=C(C(=O)N=C3CC(C(=O)N=C4CC=C(S(=O)(=O)[O-])c5cc(S(=O)(=O)[O-])cc(S(=O)(=O)[O-])c54)=CC=C3C)C2)C1.[Na+].[Na+].[Na+].[Na+].[Na+].[Na+]. The van der Waals surface area contributed by atoms with E-state index in [4.69, 9.17) is 0 Å². The van der Waals surface area contributed by atoms with E-state index < -0.39 is 166 Å². The van der Waals surface area contributed by atoms with Crippen LogP contribution in [0.1, 0.15) is 74.6 Å². The Labute approximate surface area is 658 Å². The molecular weight excluding hydrogens is 1390 g/mol. The van der Waals surface area contributed by atoms with Crippen molar-refractivity contribution in [2.24, 2.45) is 30.0 Å². The molecule has 6 aliphatic carbocycles. The van der Waals surface area contributed by atoms with Crippen LogP contribution in [0.3, 0.4) is 0 Å². The molecular formula is C51H34N6Na6O23S6. The van der Waals surface area contributed by atoms with Gasteiger partial charge in [0.1, 0.15) is 60.7 Å². The van der Waals surface area contributed by atoms with Gasteiger partial charge in [-0.2, -0.15) is 9.98 Å². The van der Waals surface area contributed by atoms with E-state index in [0.29, 0.717) is 35.4 Å². The van der Waals surface area contributed by atoms with Crippen LogP contribution in [0, 0.1) is 0 Å². The minimum Gasteiger partial charge on any atom is -0.744 e. The molecule has 0 bridgehead atoms. The van der Waals surface area contributed by atoms with Gasteiger partial charge in [-0.15, -0.1) is 0 Å². The maximum Gasteiger partial charge on any atom is 1.00 e. The monoisotopic (exact) mass is 1430 g/mol. The molecule has 92 heavy (non-hydrogen) atoms. The minimum absolute atomic E-state index is 0. The van der Waals surface area contributed by atoms with E-state index in [0.717, 1.165) is 6.08 Å². The number of urea groups is 1. The molecule has 29 nitrogen and oxygen atoms in total. The maximum atomic E-state index is 13.6. The largest absolute Gasteiger partial charge is 1.00 e. The first-order valence-electron chi connectivity index (χ1n) is 24.0. The van der Waals surface area contributed by atoms with Crippen LogP contribution in [0.4, 0.5) is 4.79 Å². The standard InChI is InChI=1S/C51H40N6O23S6.6Na/c1-25-9-11-29(49(60)54-37-13-15-41(83(69,70)71)35-21-33(81(63,64)65)23-43(45(35)37)85(75,76)77)19-39(25)56-47(58)27-5-3-7-31(17-27)52-51(62)53-32-8-4-6-28(18-32)48(59)57-40-20-30(12-10-26(40)2)50(61)55-38-14-16-42(84(72,73)74)36-22-34(82(66,67)68)24-44(46(36)38)86(78,79)80;;;;;;/h3-11,15-16,20-24H,12-14,17-19H2,1-2H3,(H,63,64,65)(H,66,67,68)(H,69,70,71)(H,72,73,74)(H,75,76,77)(H,78,79,80);;;;;;/q;6*+1/p-6/b52-31+,53-32+,54-37?,55-38?,56-39?,57-40?;;;;;;. The Hall–Kier alpha value is -2.33. The molecule has 6 aliphatic rings. The molecule has 2 aromatic rings. The number of hydrogen-bond donors (Lipinski definition) is 0. The molecule has 0 radical (unpaired) electrons. The third-order valence-corrected chi connectivity index (χ3v) is 18.2. The van der Waals surface area contributed by atoms with E-state index in [1.165, 1.54) is 68.5 Å².